The SMILES string of the molecule is CC(c1c(F)ccc2c1NC(=NCc1cccc(F)c1)NS2(=O)=O)C1CCOCC1. The zero-order chi connectivity index (χ0) is 21.3. The summed E-state index contributed by atoms with van der Waals surface area (Å²) in [5.74, 6) is -0.884. The second kappa shape index (κ2) is 8.31. The predicted octanol–water partition coefficient (Wildman–Crippen LogP) is 3.75. The molecule has 0 bridgehead atoms. The van der Waals surface area contributed by atoms with Gasteiger partial charge in [-0.05, 0) is 54.5 Å². The number of fused-ring (bicyclic) bond motifs is 1. The van der Waals surface area contributed by atoms with Crippen LogP contribution in [-0.2, 0) is 21.3 Å². The van der Waals surface area contributed by atoms with Gasteiger partial charge in [0.15, 0.2) is 0 Å². The molecule has 0 saturated carbocycles. The number of halogens is 2. The molecule has 1 unspecified atom stereocenters. The molecule has 0 aromatic heterocycles. The van der Waals surface area contributed by atoms with E-state index in [4.69, 9.17) is 4.74 Å². The molecule has 2 heterocycles. The maximum Gasteiger partial charge on any atom is 0.266 e. The van der Waals surface area contributed by atoms with Crippen molar-refractivity contribution < 1.29 is 21.9 Å². The van der Waals surface area contributed by atoms with Crippen LogP contribution in [-0.4, -0.2) is 27.6 Å². The molecule has 9 heteroatoms. The van der Waals surface area contributed by atoms with E-state index < -0.39 is 21.7 Å². The molecule has 4 rings (SSSR count). The van der Waals surface area contributed by atoms with E-state index in [1.54, 1.807) is 12.1 Å². The molecule has 2 aromatic carbocycles. The topological polar surface area (TPSA) is 79.8 Å². The first kappa shape index (κ1) is 20.7. The fraction of sp³-hybridized carbons (Fsp3) is 0.381. The number of nitrogens with zero attached hydrogens (tertiary/aromatic N) is 1. The van der Waals surface area contributed by atoms with Crippen molar-refractivity contribution in [3.63, 3.8) is 0 Å². The average Bonchev–Trinajstić information content (AvgIpc) is 2.72. The first-order chi connectivity index (χ1) is 14.3. The third kappa shape index (κ3) is 4.17. The average molecular weight is 435 g/mol. The maximum absolute atomic E-state index is 14.9. The molecule has 2 aliphatic heterocycles. The fourth-order valence-corrected chi connectivity index (χ4v) is 5.18. The van der Waals surface area contributed by atoms with Crippen LogP contribution in [0, 0.1) is 17.6 Å². The summed E-state index contributed by atoms with van der Waals surface area (Å²) in [6.45, 7) is 3.20. The van der Waals surface area contributed by atoms with Gasteiger partial charge in [-0.15, -0.1) is 0 Å². The summed E-state index contributed by atoms with van der Waals surface area (Å²) in [6.07, 6.45) is 1.57. The van der Waals surface area contributed by atoms with Crippen molar-refractivity contribution in [1.82, 2.24) is 4.72 Å². The summed E-state index contributed by atoms with van der Waals surface area (Å²) in [5, 5.41) is 2.96. The number of benzene rings is 2. The molecule has 2 aliphatic rings. The van der Waals surface area contributed by atoms with Crippen LogP contribution in [0.4, 0.5) is 14.5 Å². The van der Waals surface area contributed by atoms with Crippen LogP contribution in [0.5, 0.6) is 0 Å². The van der Waals surface area contributed by atoms with Gasteiger partial charge in [0.05, 0.1) is 12.2 Å². The van der Waals surface area contributed by atoms with Crippen LogP contribution in [0.1, 0.15) is 36.8 Å². The Bertz CT molecular complexity index is 1080. The van der Waals surface area contributed by atoms with Crippen molar-refractivity contribution in [2.45, 2.75) is 37.1 Å². The number of rotatable bonds is 4. The Morgan fingerprint density at radius 1 is 1.20 bits per heavy atom. The summed E-state index contributed by atoms with van der Waals surface area (Å²) >= 11 is 0. The molecule has 0 radical (unpaired) electrons. The summed E-state index contributed by atoms with van der Waals surface area (Å²) in [7, 11) is -3.92. The Morgan fingerprint density at radius 3 is 2.70 bits per heavy atom. The molecule has 0 spiro atoms. The number of hydrogen-bond acceptors (Lipinski definition) is 4. The van der Waals surface area contributed by atoms with Gasteiger partial charge in [-0.3, -0.25) is 0 Å². The summed E-state index contributed by atoms with van der Waals surface area (Å²) in [5.41, 5.74) is 1.14. The predicted molar refractivity (Wildman–Crippen MR) is 110 cm³/mol. The lowest BCUT2D eigenvalue weighted by Crippen LogP contribution is -2.41. The van der Waals surface area contributed by atoms with Crippen LogP contribution in [0.15, 0.2) is 46.3 Å². The Labute approximate surface area is 174 Å². The lowest BCUT2D eigenvalue weighted by Gasteiger charge is -2.32. The second-order valence-electron chi connectivity index (χ2n) is 7.60. The molecular formula is C21H23F2N3O3S. The van der Waals surface area contributed by atoms with E-state index in [0.29, 0.717) is 24.3 Å². The van der Waals surface area contributed by atoms with E-state index >= 15 is 0 Å². The van der Waals surface area contributed by atoms with Crippen molar-refractivity contribution in [3.8, 4) is 0 Å². The van der Waals surface area contributed by atoms with Gasteiger partial charge in [0.2, 0.25) is 5.96 Å². The van der Waals surface area contributed by atoms with Crippen molar-refractivity contribution in [2.75, 3.05) is 18.5 Å². The second-order valence-corrected chi connectivity index (χ2v) is 9.25. The minimum absolute atomic E-state index is 0.0116. The Hall–Kier alpha value is -2.52. The van der Waals surface area contributed by atoms with E-state index in [1.807, 2.05) is 6.92 Å². The van der Waals surface area contributed by atoms with E-state index in [9.17, 15) is 17.2 Å². The molecule has 1 fully saturated rings. The third-order valence-electron chi connectivity index (χ3n) is 5.66. The highest BCUT2D eigenvalue weighted by molar-refractivity contribution is 7.90. The highest BCUT2D eigenvalue weighted by atomic mass is 32.2. The van der Waals surface area contributed by atoms with Crippen molar-refractivity contribution in [2.24, 2.45) is 10.9 Å². The smallest absolute Gasteiger partial charge is 0.266 e. The highest BCUT2D eigenvalue weighted by Gasteiger charge is 2.34. The standard InChI is InChI=1S/C21H23F2N3O3S/c1-13(15-7-9-29-10-8-15)19-17(23)5-6-18-20(19)25-21(26-30(18,27)28)24-12-14-3-2-4-16(22)11-14/h2-6,11,13,15H,7-10,12H2,1H3,(H2,24,25,26). The van der Waals surface area contributed by atoms with Crippen molar-refractivity contribution in [3.05, 3.63) is 59.2 Å². The molecule has 2 aromatic rings. The van der Waals surface area contributed by atoms with Gasteiger partial charge in [0, 0.05) is 18.8 Å². The molecule has 0 aliphatic carbocycles. The molecule has 1 saturated heterocycles. The van der Waals surface area contributed by atoms with Crippen molar-refractivity contribution in [1.29, 1.82) is 0 Å². The zero-order valence-corrected chi connectivity index (χ0v) is 17.3. The van der Waals surface area contributed by atoms with Crippen LogP contribution < -0.4 is 10.0 Å². The van der Waals surface area contributed by atoms with Gasteiger partial charge >= 0.3 is 0 Å². The van der Waals surface area contributed by atoms with Gasteiger partial charge in [-0.2, -0.15) is 0 Å². The fourth-order valence-electron chi connectivity index (χ4n) is 4.03. The Morgan fingerprint density at radius 2 is 1.97 bits per heavy atom. The molecule has 0 amide bonds. The molecule has 160 valence electrons. The van der Waals surface area contributed by atoms with E-state index in [1.165, 1.54) is 24.3 Å². The van der Waals surface area contributed by atoms with Crippen LogP contribution in [0.25, 0.3) is 0 Å². The zero-order valence-electron chi connectivity index (χ0n) is 16.5. The number of nitrogens with one attached hydrogen (secondary N) is 2. The summed E-state index contributed by atoms with van der Waals surface area (Å²) in [4.78, 5) is 4.23. The van der Waals surface area contributed by atoms with Gasteiger partial charge < -0.3 is 10.1 Å². The largest absolute Gasteiger partial charge is 0.381 e. The minimum Gasteiger partial charge on any atom is -0.381 e. The number of sulfonamides is 1. The number of guanidine groups is 1. The monoisotopic (exact) mass is 435 g/mol. The van der Waals surface area contributed by atoms with Crippen LogP contribution >= 0.6 is 0 Å². The number of aliphatic imine (C=N–C) groups is 1. The van der Waals surface area contributed by atoms with E-state index in [-0.39, 0.29) is 34.9 Å². The van der Waals surface area contributed by atoms with Crippen LogP contribution in [0.2, 0.25) is 0 Å². The quantitative estimate of drug-likeness (QED) is 0.767. The van der Waals surface area contributed by atoms with Gasteiger partial charge in [0.1, 0.15) is 16.5 Å². The summed E-state index contributed by atoms with van der Waals surface area (Å²) < 4.78 is 61.6. The molecular weight excluding hydrogens is 412 g/mol. The van der Waals surface area contributed by atoms with Gasteiger partial charge in [-0.25, -0.2) is 26.9 Å². The normalized spacial score (nSPS) is 20.8. The molecule has 1 atom stereocenters. The van der Waals surface area contributed by atoms with Crippen molar-refractivity contribution >= 4 is 21.7 Å². The number of ether oxygens (including phenoxy) is 1. The number of anilines is 1. The maximum atomic E-state index is 14.9. The first-order valence-electron chi connectivity index (χ1n) is 9.84. The number of hydrogen-bond donors (Lipinski definition) is 2. The molecule has 30 heavy (non-hydrogen) atoms. The van der Waals surface area contributed by atoms with E-state index in [2.05, 4.69) is 15.0 Å². The lowest BCUT2D eigenvalue weighted by molar-refractivity contribution is 0.0593. The van der Waals surface area contributed by atoms with Crippen LogP contribution in [0.3, 0.4) is 0 Å². The molecule has 6 nitrogen and oxygen atoms in total. The Balaban J connectivity index is 1.69. The van der Waals surface area contributed by atoms with Gasteiger partial charge in [0.25, 0.3) is 10.0 Å². The lowest BCUT2D eigenvalue weighted by atomic mass is 9.81. The highest BCUT2D eigenvalue weighted by Crippen LogP contribution is 2.40. The Kier molecular flexibility index (Phi) is 5.75. The summed E-state index contributed by atoms with van der Waals surface area (Å²) in [6, 6.07) is 8.34. The van der Waals surface area contributed by atoms with Gasteiger partial charge in [-0.1, -0.05) is 19.1 Å². The minimum atomic E-state index is -3.92. The van der Waals surface area contributed by atoms with E-state index in [0.717, 1.165) is 12.8 Å². The first-order valence-corrected chi connectivity index (χ1v) is 11.3. The third-order valence-corrected chi connectivity index (χ3v) is 7.04. The molecule has 2 N–H and O–H groups in total.